The molecule has 6 atom stereocenters. The largest absolute Gasteiger partial charge is 0.497 e. The van der Waals surface area contributed by atoms with E-state index in [1.54, 1.807) is 37.5 Å². The average Bonchev–Trinajstić information content (AvgIpc) is 3.32. The summed E-state index contributed by atoms with van der Waals surface area (Å²) in [5.41, 5.74) is 2.39. The van der Waals surface area contributed by atoms with Gasteiger partial charge in [-0.25, -0.2) is 4.79 Å². The Hall–Kier alpha value is -4.59. The van der Waals surface area contributed by atoms with Gasteiger partial charge >= 0.3 is 6.09 Å². The minimum absolute atomic E-state index is 0.0109. The van der Waals surface area contributed by atoms with Crippen LogP contribution in [-0.2, 0) is 14.4 Å². The van der Waals surface area contributed by atoms with Gasteiger partial charge in [0.05, 0.1) is 38.1 Å². The van der Waals surface area contributed by atoms with Crippen molar-refractivity contribution in [1.29, 1.82) is 0 Å². The average molecular weight is 946 g/mol. The molecule has 378 valence electrons. The highest BCUT2D eigenvalue weighted by Crippen LogP contribution is 2.62. The molecule has 3 aliphatic rings. The Balaban J connectivity index is 1.64. The first-order valence-electron chi connectivity index (χ1n) is 25.6. The quantitative estimate of drug-likeness (QED) is 0.0407. The highest BCUT2D eigenvalue weighted by Gasteiger charge is 2.65. The van der Waals surface area contributed by atoms with Gasteiger partial charge in [0.1, 0.15) is 34.6 Å². The first-order chi connectivity index (χ1) is 32.9. The van der Waals surface area contributed by atoms with Crippen LogP contribution < -0.4 is 24.3 Å². The second-order valence-electron chi connectivity index (χ2n) is 19.7. The molecule has 0 spiro atoms. The Kier molecular flexibility index (Phi) is 21.6. The minimum atomic E-state index is -1.36. The van der Waals surface area contributed by atoms with E-state index in [2.05, 4.69) is 31.8 Å². The zero-order chi connectivity index (χ0) is 49.1. The Bertz CT molecular complexity index is 1980. The van der Waals surface area contributed by atoms with Crippen molar-refractivity contribution in [2.24, 2.45) is 22.9 Å². The van der Waals surface area contributed by atoms with Crippen LogP contribution in [-0.4, -0.2) is 90.8 Å². The molecule has 0 saturated heterocycles. The summed E-state index contributed by atoms with van der Waals surface area (Å²) in [6.45, 7) is 15.2. The summed E-state index contributed by atoms with van der Waals surface area (Å²) >= 11 is 0. The molecule has 0 aromatic heterocycles. The van der Waals surface area contributed by atoms with E-state index >= 15 is 0 Å². The van der Waals surface area contributed by atoms with Gasteiger partial charge in [-0.1, -0.05) is 95.4 Å². The second-order valence-corrected chi connectivity index (χ2v) is 19.7. The van der Waals surface area contributed by atoms with Crippen molar-refractivity contribution < 1.29 is 48.3 Å². The number of nitrogens with zero attached hydrogens (tertiary/aromatic N) is 2. The molecule has 0 bridgehead atoms. The molecule has 13 nitrogen and oxygen atoms in total. The van der Waals surface area contributed by atoms with Crippen molar-refractivity contribution in [2.75, 3.05) is 45.9 Å². The predicted molar refractivity (Wildman–Crippen MR) is 269 cm³/mol. The van der Waals surface area contributed by atoms with Gasteiger partial charge in [-0.3, -0.25) is 10.1 Å². The predicted octanol–water partition coefficient (Wildman–Crippen LogP) is 11.9. The van der Waals surface area contributed by atoms with Gasteiger partial charge in [-0.05, 0) is 107 Å². The summed E-state index contributed by atoms with van der Waals surface area (Å²) in [6, 6.07) is 10.00. The van der Waals surface area contributed by atoms with E-state index in [4.69, 9.17) is 33.7 Å². The van der Waals surface area contributed by atoms with Gasteiger partial charge in [-0.2, -0.15) is 0 Å². The summed E-state index contributed by atoms with van der Waals surface area (Å²) in [5.74, 6) is -0.0840. The summed E-state index contributed by atoms with van der Waals surface area (Å²) in [5, 5.41) is 27.8. The molecule has 2 aromatic rings. The number of aliphatic hydroxyl groups is 2. The standard InChI is InChI=1S/C55H83N3O10/c1-9-12-13-14-15-16-17-18-19-26-50(61)58(31-10-2)49-38-46(57-68-54(4,5)6)43-35-39(24-20-22-32-59)42(25-21-23-33-60)51-44-36-41(28-30-47(44)67-55(49,52(43)51)65-34-11-3)66-53(62)56-45-29-27-40(63-7)37-48(45)64-8/h11,27-30,35-37,39,42,49,51-52,59-60H,3,9-10,12-26,31-34,38H2,1-2,4-8H3,(H,56,62)/t39-,42+,49-,51+,52+,55+/m0/s1. The Morgan fingerprint density at radius 1 is 0.882 bits per heavy atom. The van der Waals surface area contributed by atoms with Crippen molar-refractivity contribution in [2.45, 2.75) is 174 Å². The molecule has 3 N–H and O–H groups in total. The number of methoxy groups -OCH3 is 2. The number of aliphatic hydroxyl groups excluding tert-OH is 2. The van der Waals surface area contributed by atoms with Crippen molar-refractivity contribution in [3.8, 4) is 23.0 Å². The molecule has 0 radical (unpaired) electrons. The number of carbonyl (C=O) groups excluding carboxylic acids is 2. The first-order valence-corrected chi connectivity index (χ1v) is 25.6. The maximum absolute atomic E-state index is 14.8. The van der Waals surface area contributed by atoms with Crippen LogP contribution in [0.1, 0.15) is 162 Å². The fourth-order valence-corrected chi connectivity index (χ4v) is 10.5. The number of unbranched alkanes of at least 4 members (excludes halogenated alkanes) is 10. The van der Waals surface area contributed by atoms with E-state index < -0.39 is 29.4 Å². The van der Waals surface area contributed by atoms with Crippen LogP contribution >= 0.6 is 0 Å². The molecular formula is C55H83N3O10. The number of nitrogens with one attached hydrogen (secondary N) is 1. The molecule has 2 amide bonds. The van der Waals surface area contributed by atoms with Gasteiger partial charge in [0.15, 0.2) is 0 Å². The molecule has 5 rings (SSSR count). The topological polar surface area (TPSA) is 158 Å². The van der Waals surface area contributed by atoms with Crippen LogP contribution in [0.4, 0.5) is 10.5 Å². The fourth-order valence-electron chi connectivity index (χ4n) is 10.5. The molecule has 2 aromatic carbocycles. The van der Waals surface area contributed by atoms with Crippen molar-refractivity contribution in [3.63, 3.8) is 0 Å². The zero-order valence-electron chi connectivity index (χ0n) is 42.3. The lowest BCUT2D eigenvalue weighted by molar-refractivity contribution is -0.257. The van der Waals surface area contributed by atoms with Crippen LogP contribution in [0.3, 0.4) is 0 Å². The first kappa shape index (κ1) is 54.4. The summed E-state index contributed by atoms with van der Waals surface area (Å²) in [4.78, 5) is 36.8. The van der Waals surface area contributed by atoms with Crippen LogP contribution in [0.15, 0.2) is 65.9 Å². The van der Waals surface area contributed by atoms with Crippen LogP contribution in [0.5, 0.6) is 23.0 Å². The van der Waals surface area contributed by atoms with Gasteiger partial charge in [0.25, 0.3) is 0 Å². The number of benzene rings is 2. The molecule has 0 unspecified atom stereocenters. The SMILES string of the molecule is C=CCO[C@@]12Oc3ccc(OC(=O)Nc4ccc(OC)cc4OC)cc3[C@H]3[C@H](CCCCO)[C@@H](CCCCO)C=C(C(=NOC(C)(C)C)C[C@@H]1N(CCC)C(=O)CCCCCCCCCCC)[C@H]32. The lowest BCUT2D eigenvalue weighted by Crippen LogP contribution is -2.70. The highest BCUT2D eigenvalue weighted by molar-refractivity contribution is 6.03. The Morgan fingerprint density at radius 2 is 1.57 bits per heavy atom. The molecule has 1 saturated carbocycles. The Labute approximate surface area is 407 Å². The number of hydrogen-bond donors (Lipinski definition) is 3. The minimum Gasteiger partial charge on any atom is -0.497 e. The third-order valence-electron chi connectivity index (χ3n) is 13.6. The molecular weight excluding hydrogens is 863 g/mol. The van der Waals surface area contributed by atoms with Crippen LogP contribution in [0.25, 0.3) is 0 Å². The van der Waals surface area contributed by atoms with Gasteiger partial charge in [-0.15, -0.1) is 6.58 Å². The number of amides is 2. The second kappa shape index (κ2) is 27.0. The number of carbonyl (C=O) groups is 2. The number of fused-ring (bicyclic) bond motifs is 2. The number of oxime groups is 1. The summed E-state index contributed by atoms with van der Waals surface area (Å²) in [6.07, 6.45) is 19.8. The number of rotatable bonds is 29. The summed E-state index contributed by atoms with van der Waals surface area (Å²) < 4.78 is 31.5. The van der Waals surface area contributed by atoms with Crippen molar-refractivity contribution >= 4 is 23.4 Å². The zero-order valence-corrected chi connectivity index (χ0v) is 42.3. The van der Waals surface area contributed by atoms with E-state index in [9.17, 15) is 19.8 Å². The molecule has 1 heterocycles. The molecule has 13 heteroatoms. The normalized spacial score (nSPS) is 22.3. The smallest absolute Gasteiger partial charge is 0.417 e. The number of anilines is 1. The lowest BCUT2D eigenvalue weighted by Gasteiger charge is -2.60. The maximum atomic E-state index is 14.8. The lowest BCUT2D eigenvalue weighted by atomic mass is 9.55. The third-order valence-corrected chi connectivity index (χ3v) is 13.6. The number of allylic oxidation sites excluding steroid dienone is 1. The number of ether oxygens (including phenoxy) is 5. The molecule has 68 heavy (non-hydrogen) atoms. The van der Waals surface area contributed by atoms with E-state index in [0.29, 0.717) is 60.9 Å². The molecule has 1 fully saturated rings. The van der Waals surface area contributed by atoms with E-state index in [1.807, 2.05) is 37.8 Å². The van der Waals surface area contributed by atoms with Crippen molar-refractivity contribution in [1.82, 2.24) is 4.90 Å². The van der Waals surface area contributed by atoms with Gasteiger partial charge in [0, 0.05) is 50.1 Å². The highest BCUT2D eigenvalue weighted by atomic mass is 16.7. The Morgan fingerprint density at radius 3 is 2.22 bits per heavy atom. The van der Waals surface area contributed by atoms with Gasteiger partial charge < -0.3 is 43.6 Å². The maximum Gasteiger partial charge on any atom is 0.417 e. The summed E-state index contributed by atoms with van der Waals surface area (Å²) in [7, 11) is 3.08. The third kappa shape index (κ3) is 14.2. The van der Waals surface area contributed by atoms with E-state index in [-0.39, 0.29) is 43.5 Å². The van der Waals surface area contributed by atoms with E-state index in [1.165, 1.54) is 45.6 Å². The number of hydrogen-bond acceptors (Lipinski definition) is 11. The van der Waals surface area contributed by atoms with Gasteiger partial charge in [0.2, 0.25) is 11.7 Å². The monoisotopic (exact) mass is 946 g/mol. The van der Waals surface area contributed by atoms with E-state index in [0.717, 1.165) is 68.2 Å². The van der Waals surface area contributed by atoms with Crippen LogP contribution in [0.2, 0.25) is 0 Å². The molecule has 2 aliphatic carbocycles. The van der Waals surface area contributed by atoms with Crippen LogP contribution in [0, 0.1) is 17.8 Å². The fraction of sp³-hybridized carbons (Fsp3) is 0.655. The van der Waals surface area contributed by atoms with Crippen molar-refractivity contribution in [3.05, 3.63) is 66.3 Å². The molecule has 1 aliphatic heterocycles.